The van der Waals surface area contributed by atoms with Crippen molar-refractivity contribution in [3.8, 4) is 0 Å². The van der Waals surface area contributed by atoms with E-state index >= 15 is 0 Å². The van der Waals surface area contributed by atoms with Crippen LogP contribution in [0.4, 0.5) is 0 Å². The molecule has 2 N–H and O–H groups in total. The number of nitrogens with one attached hydrogen (secondary N) is 1. The van der Waals surface area contributed by atoms with Gasteiger partial charge in [0, 0.05) is 17.5 Å². The fourth-order valence-electron chi connectivity index (χ4n) is 6.60. The van der Waals surface area contributed by atoms with Gasteiger partial charge in [-0.2, -0.15) is 0 Å². The first kappa shape index (κ1) is 18.5. The molecule has 0 aromatic rings. The molecule has 0 bridgehead atoms. The van der Waals surface area contributed by atoms with Crippen molar-refractivity contribution in [3.05, 3.63) is 11.8 Å². The zero-order chi connectivity index (χ0) is 18.4. The van der Waals surface area contributed by atoms with E-state index in [1.165, 1.54) is 0 Å². The van der Waals surface area contributed by atoms with E-state index in [-0.39, 0.29) is 22.7 Å². The van der Waals surface area contributed by atoms with Crippen molar-refractivity contribution < 1.29 is 14.7 Å². The van der Waals surface area contributed by atoms with Crippen LogP contribution < -0.4 is 5.32 Å². The van der Waals surface area contributed by atoms with Crippen molar-refractivity contribution in [1.29, 1.82) is 0 Å². The molecule has 4 nitrogen and oxygen atoms in total. The van der Waals surface area contributed by atoms with Crippen LogP contribution in [0, 0.1) is 34.5 Å². The number of amides is 1. The molecule has 6 unspecified atom stereocenters. The van der Waals surface area contributed by atoms with Gasteiger partial charge < -0.3 is 10.4 Å². The van der Waals surface area contributed by atoms with Gasteiger partial charge in [0.15, 0.2) is 0 Å². The summed E-state index contributed by atoms with van der Waals surface area (Å²) in [5.74, 6) is 1.08. The van der Waals surface area contributed by atoms with Crippen LogP contribution in [-0.4, -0.2) is 17.0 Å². The number of hydrogen-bond donors (Lipinski definition) is 2. The fourth-order valence-corrected chi connectivity index (χ4v) is 6.60. The molecule has 0 radical (unpaired) electrons. The smallest absolute Gasteiger partial charge is 0.307 e. The SMILES string of the molecule is CC.CC12CCC(=O)NC1=CCC1C2CCC2(C)C(C(=O)O)CCC12. The molecule has 4 aliphatic rings. The molecule has 0 aromatic heterocycles. The van der Waals surface area contributed by atoms with Crippen molar-refractivity contribution >= 4 is 11.9 Å². The van der Waals surface area contributed by atoms with Gasteiger partial charge in [0.25, 0.3) is 0 Å². The zero-order valence-corrected chi connectivity index (χ0v) is 16.1. The Morgan fingerprint density at radius 3 is 2.56 bits per heavy atom. The number of allylic oxidation sites excluding steroid dienone is 2. The Morgan fingerprint density at radius 2 is 1.88 bits per heavy atom. The second-order valence-corrected chi connectivity index (χ2v) is 8.71. The number of carbonyl (C=O) groups is 2. The van der Waals surface area contributed by atoms with Crippen molar-refractivity contribution in [2.45, 2.75) is 72.6 Å². The lowest BCUT2D eigenvalue weighted by molar-refractivity contribution is -0.149. The summed E-state index contributed by atoms with van der Waals surface area (Å²) in [6.07, 6.45) is 8.83. The van der Waals surface area contributed by atoms with Gasteiger partial charge in [-0.25, -0.2) is 0 Å². The highest BCUT2D eigenvalue weighted by atomic mass is 16.4. The fraction of sp³-hybridized carbons (Fsp3) is 0.810. The van der Waals surface area contributed by atoms with E-state index < -0.39 is 5.97 Å². The van der Waals surface area contributed by atoms with Crippen molar-refractivity contribution in [2.75, 3.05) is 0 Å². The van der Waals surface area contributed by atoms with Crippen LogP contribution in [-0.2, 0) is 9.59 Å². The van der Waals surface area contributed by atoms with Crippen LogP contribution in [0.2, 0.25) is 0 Å². The lowest BCUT2D eigenvalue weighted by Crippen LogP contribution is -2.53. The summed E-state index contributed by atoms with van der Waals surface area (Å²) in [4.78, 5) is 23.4. The number of carboxylic acid groups (broad SMARTS) is 1. The number of fused-ring (bicyclic) bond motifs is 5. The lowest BCUT2D eigenvalue weighted by Gasteiger charge is -2.56. The number of hydrogen-bond acceptors (Lipinski definition) is 2. The molecule has 1 amide bonds. The summed E-state index contributed by atoms with van der Waals surface area (Å²) in [6.45, 7) is 8.55. The predicted octanol–water partition coefficient (Wildman–Crippen LogP) is 4.36. The third-order valence-corrected chi connectivity index (χ3v) is 7.91. The van der Waals surface area contributed by atoms with Crippen LogP contribution in [0.5, 0.6) is 0 Å². The average molecular weight is 347 g/mol. The Labute approximate surface area is 151 Å². The molecule has 140 valence electrons. The molecule has 1 saturated heterocycles. The lowest BCUT2D eigenvalue weighted by atomic mass is 9.49. The molecule has 1 aliphatic heterocycles. The van der Waals surface area contributed by atoms with Gasteiger partial charge in [-0.05, 0) is 61.7 Å². The van der Waals surface area contributed by atoms with Crippen molar-refractivity contribution in [3.63, 3.8) is 0 Å². The van der Waals surface area contributed by atoms with Crippen molar-refractivity contribution in [2.24, 2.45) is 34.5 Å². The topological polar surface area (TPSA) is 66.4 Å². The van der Waals surface area contributed by atoms with Gasteiger partial charge in [0.05, 0.1) is 5.92 Å². The maximum Gasteiger partial charge on any atom is 0.307 e. The standard InChI is InChI=1S/C19H27NO3.C2H6/c1-18-9-7-13-11(12(18)4-5-14(18)17(22)23)3-6-15-19(13,2)10-8-16(21)20-15;1-2/h6,11-14H,3-5,7-10H2,1-2H3,(H,20,21)(H,22,23);1-2H3. The average Bonchev–Trinajstić information content (AvgIpc) is 2.95. The van der Waals surface area contributed by atoms with Gasteiger partial charge in [0.2, 0.25) is 5.91 Å². The number of carbonyl (C=O) groups excluding carboxylic acids is 1. The Hall–Kier alpha value is -1.32. The molecule has 3 fully saturated rings. The molecular weight excluding hydrogens is 314 g/mol. The first-order valence-electron chi connectivity index (χ1n) is 10.1. The van der Waals surface area contributed by atoms with Gasteiger partial charge >= 0.3 is 5.97 Å². The maximum absolute atomic E-state index is 11.8. The molecule has 3 aliphatic carbocycles. The molecule has 0 aromatic carbocycles. The monoisotopic (exact) mass is 347 g/mol. The van der Waals surface area contributed by atoms with E-state index in [0.717, 1.165) is 44.2 Å². The minimum atomic E-state index is -0.600. The van der Waals surface area contributed by atoms with Crippen LogP contribution in [0.3, 0.4) is 0 Å². The van der Waals surface area contributed by atoms with Gasteiger partial charge in [-0.1, -0.05) is 33.8 Å². The second kappa shape index (κ2) is 6.44. The normalized spacial score (nSPS) is 45.0. The number of carboxylic acids is 1. The highest BCUT2D eigenvalue weighted by Gasteiger charge is 2.60. The highest BCUT2D eigenvalue weighted by molar-refractivity contribution is 5.79. The molecule has 4 rings (SSSR count). The highest BCUT2D eigenvalue weighted by Crippen LogP contribution is 2.65. The van der Waals surface area contributed by atoms with E-state index in [0.29, 0.717) is 24.2 Å². The summed E-state index contributed by atoms with van der Waals surface area (Å²) in [5.41, 5.74) is 1.19. The van der Waals surface area contributed by atoms with Gasteiger partial charge in [0.1, 0.15) is 0 Å². The Balaban J connectivity index is 0.000000880. The molecule has 4 heteroatoms. The van der Waals surface area contributed by atoms with Crippen molar-refractivity contribution in [1.82, 2.24) is 5.32 Å². The summed E-state index contributed by atoms with van der Waals surface area (Å²) in [6, 6.07) is 0. The Kier molecular flexibility index (Phi) is 4.76. The molecule has 2 saturated carbocycles. The largest absolute Gasteiger partial charge is 0.481 e. The number of piperidine rings is 1. The quantitative estimate of drug-likeness (QED) is 0.740. The summed E-state index contributed by atoms with van der Waals surface area (Å²) < 4.78 is 0. The summed E-state index contributed by atoms with van der Waals surface area (Å²) in [5, 5.41) is 12.7. The van der Waals surface area contributed by atoms with Crippen LogP contribution >= 0.6 is 0 Å². The predicted molar refractivity (Wildman–Crippen MR) is 97.7 cm³/mol. The number of rotatable bonds is 1. The molecule has 6 atom stereocenters. The minimum Gasteiger partial charge on any atom is -0.481 e. The summed E-state index contributed by atoms with van der Waals surface area (Å²) in [7, 11) is 0. The minimum absolute atomic E-state index is 0.0351. The van der Waals surface area contributed by atoms with E-state index in [4.69, 9.17) is 0 Å². The van der Waals surface area contributed by atoms with Crippen LogP contribution in [0.25, 0.3) is 0 Å². The van der Waals surface area contributed by atoms with E-state index in [2.05, 4.69) is 25.2 Å². The van der Waals surface area contributed by atoms with Gasteiger partial charge in [-0.3, -0.25) is 9.59 Å². The Morgan fingerprint density at radius 1 is 1.16 bits per heavy atom. The van der Waals surface area contributed by atoms with E-state index in [1.54, 1.807) is 0 Å². The molecular formula is C21H33NO3. The maximum atomic E-state index is 11.8. The third-order valence-electron chi connectivity index (χ3n) is 7.91. The van der Waals surface area contributed by atoms with E-state index in [9.17, 15) is 14.7 Å². The van der Waals surface area contributed by atoms with E-state index in [1.807, 2.05) is 13.8 Å². The van der Waals surface area contributed by atoms with Crippen LogP contribution in [0.15, 0.2) is 11.8 Å². The third kappa shape index (κ3) is 2.63. The first-order chi connectivity index (χ1) is 11.9. The summed E-state index contributed by atoms with van der Waals surface area (Å²) >= 11 is 0. The zero-order valence-electron chi connectivity index (χ0n) is 16.1. The molecule has 25 heavy (non-hydrogen) atoms. The Bertz CT molecular complexity index is 598. The van der Waals surface area contributed by atoms with Crippen LogP contribution in [0.1, 0.15) is 72.6 Å². The number of aliphatic carboxylic acids is 1. The molecule has 1 heterocycles. The second-order valence-electron chi connectivity index (χ2n) is 8.71. The van der Waals surface area contributed by atoms with Gasteiger partial charge in [-0.15, -0.1) is 0 Å². The first-order valence-corrected chi connectivity index (χ1v) is 10.1. The molecule has 0 spiro atoms.